The molecule has 0 saturated heterocycles. The third-order valence-corrected chi connectivity index (χ3v) is 3.04. The first-order valence-corrected chi connectivity index (χ1v) is 5.38. The Morgan fingerprint density at radius 1 is 1.33 bits per heavy atom. The minimum absolute atomic E-state index is 0.119. The number of rotatable bonds is 3. The molecule has 0 aliphatic heterocycles. The van der Waals surface area contributed by atoms with Crippen LogP contribution in [0.15, 0.2) is 18.2 Å². The lowest BCUT2D eigenvalue weighted by atomic mass is 9.91. The maximum absolute atomic E-state index is 13.4. The molecule has 2 rings (SSSR count). The summed E-state index contributed by atoms with van der Waals surface area (Å²) in [7, 11) is 0. The van der Waals surface area contributed by atoms with Gasteiger partial charge < -0.3 is 5.32 Å². The summed E-state index contributed by atoms with van der Waals surface area (Å²) in [6, 6.07) is 4.68. The molecule has 0 bridgehead atoms. The summed E-state index contributed by atoms with van der Waals surface area (Å²) in [6.45, 7) is 1.87. The Kier molecular flexibility index (Phi) is 3.00. The van der Waals surface area contributed by atoms with Crippen molar-refractivity contribution in [1.82, 2.24) is 5.32 Å². The van der Waals surface area contributed by atoms with Crippen LogP contribution in [0, 0.1) is 11.6 Å². The monoisotopic (exact) mass is 211 g/mol. The maximum atomic E-state index is 13.4. The summed E-state index contributed by atoms with van der Waals surface area (Å²) in [6.07, 6.45) is 3.51. The lowest BCUT2D eigenvalue weighted by molar-refractivity contribution is 0.309. The van der Waals surface area contributed by atoms with Gasteiger partial charge in [-0.05, 0) is 25.8 Å². The van der Waals surface area contributed by atoms with Crippen LogP contribution in [0.2, 0.25) is 0 Å². The predicted octanol–water partition coefficient (Wildman–Crippen LogP) is 3.17. The zero-order valence-electron chi connectivity index (χ0n) is 8.76. The Balaban J connectivity index is 2.09. The van der Waals surface area contributed by atoms with E-state index in [0.29, 0.717) is 11.6 Å². The Labute approximate surface area is 88.5 Å². The van der Waals surface area contributed by atoms with E-state index in [0.717, 1.165) is 18.9 Å². The summed E-state index contributed by atoms with van der Waals surface area (Å²) in [4.78, 5) is 0. The van der Waals surface area contributed by atoms with E-state index in [9.17, 15) is 8.78 Å². The number of halogens is 2. The molecule has 15 heavy (non-hydrogen) atoms. The largest absolute Gasteiger partial charge is 0.307 e. The summed E-state index contributed by atoms with van der Waals surface area (Å²) >= 11 is 0. The minimum Gasteiger partial charge on any atom is -0.307 e. The average Bonchev–Trinajstić information content (AvgIpc) is 2.15. The first-order valence-electron chi connectivity index (χ1n) is 5.38. The molecule has 1 unspecified atom stereocenters. The smallest absolute Gasteiger partial charge is 0.163 e. The SMILES string of the molecule is CC(NC1CCC1)c1cccc(F)c1F. The normalized spacial score (nSPS) is 18.6. The molecule has 1 nitrogen and oxygen atoms in total. The fourth-order valence-electron chi connectivity index (χ4n) is 1.87. The van der Waals surface area contributed by atoms with E-state index in [1.54, 1.807) is 12.1 Å². The van der Waals surface area contributed by atoms with Gasteiger partial charge in [0.1, 0.15) is 0 Å². The number of hydrogen-bond donors (Lipinski definition) is 1. The van der Waals surface area contributed by atoms with Crippen LogP contribution < -0.4 is 5.32 Å². The highest BCUT2D eigenvalue weighted by Crippen LogP contribution is 2.24. The molecule has 82 valence electrons. The molecular weight excluding hydrogens is 196 g/mol. The van der Waals surface area contributed by atoms with Crippen molar-refractivity contribution in [3.8, 4) is 0 Å². The van der Waals surface area contributed by atoms with Gasteiger partial charge in [0, 0.05) is 17.6 Å². The van der Waals surface area contributed by atoms with Crippen molar-refractivity contribution in [3.05, 3.63) is 35.4 Å². The Morgan fingerprint density at radius 2 is 2.07 bits per heavy atom. The summed E-state index contributed by atoms with van der Waals surface area (Å²) < 4.78 is 26.4. The van der Waals surface area contributed by atoms with Gasteiger partial charge in [0.25, 0.3) is 0 Å². The number of benzene rings is 1. The molecule has 3 heteroatoms. The molecule has 1 N–H and O–H groups in total. The van der Waals surface area contributed by atoms with Crippen molar-refractivity contribution >= 4 is 0 Å². The lowest BCUT2D eigenvalue weighted by Gasteiger charge is -2.30. The van der Waals surface area contributed by atoms with Crippen molar-refractivity contribution in [2.75, 3.05) is 0 Å². The van der Waals surface area contributed by atoms with Gasteiger partial charge in [0.05, 0.1) is 0 Å². The second-order valence-electron chi connectivity index (χ2n) is 4.16. The topological polar surface area (TPSA) is 12.0 Å². The molecule has 1 aromatic carbocycles. The summed E-state index contributed by atoms with van der Waals surface area (Å²) in [5.74, 6) is -1.49. The van der Waals surface area contributed by atoms with Gasteiger partial charge in [0.2, 0.25) is 0 Å². The third kappa shape index (κ3) is 2.17. The molecule has 0 spiro atoms. The van der Waals surface area contributed by atoms with Crippen LogP contribution >= 0.6 is 0 Å². The fraction of sp³-hybridized carbons (Fsp3) is 0.500. The van der Waals surface area contributed by atoms with Crippen LogP contribution in [0.25, 0.3) is 0 Å². The van der Waals surface area contributed by atoms with Crippen LogP contribution in [-0.4, -0.2) is 6.04 Å². The minimum atomic E-state index is -0.769. The fourth-order valence-corrected chi connectivity index (χ4v) is 1.87. The van der Waals surface area contributed by atoms with Gasteiger partial charge in [-0.25, -0.2) is 8.78 Å². The van der Waals surface area contributed by atoms with E-state index in [4.69, 9.17) is 0 Å². The molecule has 1 aromatic rings. The van der Waals surface area contributed by atoms with Crippen LogP contribution in [0.3, 0.4) is 0 Å². The van der Waals surface area contributed by atoms with Crippen molar-refractivity contribution in [2.45, 2.75) is 38.3 Å². The van der Waals surface area contributed by atoms with Gasteiger partial charge in [-0.3, -0.25) is 0 Å². The van der Waals surface area contributed by atoms with Crippen molar-refractivity contribution in [1.29, 1.82) is 0 Å². The number of hydrogen-bond acceptors (Lipinski definition) is 1. The molecule has 1 saturated carbocycles. The molecule has 0 aromatic heterocycles. The van der Waals surface area contributed by atoms with E-state index in [1.165, 1.54) is 6.42 Å². The molecule has 0 heterocycles. The Hall–Kier alpha value is -0.960. The lowest BCUT2D eigenvalue weighted by Crippen LogP contribution is -2.37. The van der Waals surface area contributed by atoms with E-state index in [1.807, 2.05) is 6.92 Å². The molecule has 1 aliphatic rings. The van der Waals surface area contributed by atoms with E-state index in [2.05, 4.69) is 5.32 Å². The summed E-state index contributed by atoms with van der Waals surface area (Å²) in [5.41, 5.74) is 0.418. The van der Waals surface area contributed by atoms with Gasteiger partial charge in [-0.1, -0.05) is 18.6 Å². The third-order valence-electron chi connectivity index (χ3n) is 3.04. The molecule has 1 atom stereocenters. The maximum Gasteiger partial charge on any atom is 0.163 e. The molecular formula is C12H15F2N. The molecule has 0 radical (unpaired) electrons. The van der Waals surface area contributed by atoms with E-state index < -0.39 is 11.6 Å². The standard InChI is InChI=1S/C12H15F2N/c1-8(15-9-4-2-5-9)10-6-3-7-11(13)12(10)14/h3,6-9,15H,2,4-5H2,1H3. The van der Waals surface area contributed by atoms with Gasteiger partial charge in [-0.2, -0.15) is 0 Å². The van der Waals surface area contributed by atoms with Gasteiger partial charge in [-0.15, -0.1) is 0 Å². The first-order chi connectivity index (χ1) is 7.18. The van der Waals surface area contributed by atoms with Gasteiger partial charge >= 0.3 is 0 Å². The van der Waals surface area contributed by atoms with E-state index in [-0.39, 0.29) is 6.04 Å². The second-order valence-corrected chi connectivity index (χ2v) is 4.16. The van der Waals surface area contributed by atoms with E-state index >= 15 is 0 Å². The van der Waals surface area contributed by atoms with Gasteiger partial charge in [0.15, 0.2) is 11.6 Å². The van der Waals surface area contributed by atoms with Crippen molar-refractivity contribution < 1.29 is 8.78 Å². The molecule has 1 fully saturated rings. The van der Waals surface area contributed by atoms with Crippen molar-refractivity contribution in [3.63, 3.8) is 0 Å². The predicted molar refractivity (Wildman–Crippen MR) is 55.5 cm³/mol. The Bertz CT molecular complexity index is 347. The number of nitrogens with one attached hydrogen (secondary N) is 1. The molecule has 0 amide bonds. The average molecular weight is 211 g/mol. The Morgan fingerprint density at radius 3 is 2.67 bits per heavy atom. The highest BCUT2D eigenvalue weighted by Gasteiger charge is 2.21. The molecule has 1 aliphatic carbocycles. The van der Waals surface area contributed by atoms with Crippen molar-refractivity contribution in [2.24, 2.45) is 0 Å². The van der Waals surface area contributed by atoms with Crippen LogP contribution in [-0.2, 0) is 0 Å². The zero-order valence-corrected chi connectivity index (χ0v) is 8.76. The highest BCUT2D eigenvalue weighted by atomic mass is 19.2. The zero-order chi connectivity index (χ0) is 10.8. The summed E-state index contributed by atoms with van der Waals surface area (Å²) in [5, 5.41) is 3.29. The highest BCUT2D eigenvalue weighted by molar-refractivity contribution is 5.22. The quantitative estimate of drug-likeness (QED) is 0.809. The van der Waals surface area contributed by atoms with Crippen LogP contribution in [0.5, 0.6) is 0 Å². The van der Waals surface area contributed by atoms with Crippen LogP contribution in [0.4, 0.5) is 8.78 Å². The first kappa shape index (κ1) is 10.6. The van der Waals surface area contributed by atoms with Crippen LogP contribution in [0.1, 0.15) is 37.8 Å². The second kappa shape index (κ2) is 4.27.